The minimum absolute atomic E-state index is 0.0681. The van der Waals surface area contributed by atoms with Gasteiger partial charge in [-0.2, -0.15) is 0 Å². The Kier molecular flexibility index (Phi) is 3.76. The highest BCUT2D eigenvalue weighted by Gasteiger charge is 2.36. The van der Waals surface area contributed by atoms with E-state index in [-0.39, 0.29) is 5.69 Å². The number of para-hydroxylation sites is 1. The number of nitrogens with two attached hydrogens (primary N) is 1. The molecule has 0 aromatic heterocycles. The van der Waals surface area contributed by atoms with E-state index < -0.39 is 23.1 Å². The Balaban J connectivity index is 3.34. The Labute approximate surface area is 100 Å². The van der Waals surface area contributed by atoms with Crippen molar-refractivity contribution in [2.45, 2.75) is 33.1 Å². The van der Waals surface area contributed by atoms with Crippen molar-refractivity contribution in [2.75, 3.05) is 5.73 Å². The number of rotatable bonds is 4. The first kappa shape index (κ1) is 13.5. The van der Waals surface area contributed by atoms with E-state index in [1.54, 1.807) is 6.07 Å². The molecule has 1 aromatic rings. The topological polar surface area (TPSA) is 63.3 Å². The summed E-state index contributed by atoms with van der Waals surface area (Å²) in [7, 11) is 0. The third-order valence-electron chi connectivity index (χ3n) is 3.34. The van der Waals surface area contributed by atoms with Crippen molar-refractivity contribution in [1.29, 1.82) is 0 Å². The molecule has 0 fully saturated rings. The van der Waals surface area contributed by atoms with Crippen LogP contribution in [-0.2, 0) is 4.79 Å². The summed E-state index contributed by atoms with van der Waals surface area (Å²) in [5, 5.41) is 9.33. The molecule has 4 heteroatoms. The van der Waals surface area contributed by atoms with Crippen molar-refractivity contribution in [3.63, 3.8) is 0 Å². The molecule has 3 nitrogen and oxygen atoms in total. The predicted molar refractivity (Wildman–Crippen MR) is 65.3 cm³/mol. The van der Waals surface area contributed by atoms with Crippen LogP contribution in [0.1, 0.15) is 38.7 Å². The van der Waals surface area contributed by atoms with Crippen LogP contribution in [-0.4, -0.2) is 11.1 Å². The SMILES string of the molecule is CCC(C)(C)C(C(=O)O)c1cccc(F)c1N. The normalized spacial score (nSPS) is 13.4. The molecular weight excluding hydrogens is 221 g/mol. The van der Waals surface area contributed by atoms with Gasteiger partial charge in [-0.3, -0.25) is 4.79 Å². The van der Waals surface area contributed by atoms with Crippen molar-refractivity contribution < 1.29 is 14.3 Å². The summed E-state index contributed by atoms with van der Waals surface area (Å²) in [6.45, 7) is 5.59. The molecule has 17 heavy (non-hydrogen) atoms. The number of carboxylic acid groups (broad SMARTS) is 1. The highest BCUT2D eigenvalue weighted by Crippen LogP contribution is 2.41. The molecule has 0 aliphatic rings. The first-order chi connectivity index (χ1) is 7.81. The van der Waals surface area contributed by atoms with E-state index in [2.05, 4.69) is 0 Å². The van der Waals surface area contributed by atoms with E-state index in [0.717, 1.165) is 0 Å². The summed E-state index contributed by atoms with van der Waals surface area (Å²) in [6.07, 6.45) is 0.667. The highest BCUT2D eigenvalue weighted by atomic mass is 19.1. The third-order valence-corrected chi connectivity index (χ3v) is 3.34. The number of anilines is 1. The van der Waals surface area contributed by atoms with Crippen LogP contribution >= 0.6 is 0 Å². The minimum atomic E-state index is -0.978. The summed E-state index contributed by atoms with van der Waals surface area (Å²) in [4.78, 5) is 11.4. The molecule has 1 aromatic carbocycles. The van der Waals surface area contributed by atoms with Gasteiger partial charge < -0.3 is 10.8 Å². The molecule has 1 atom stereocenters. The van der Waals surface area contributed by atoms with Crippen LogP contribution < -0.4 is 5.73 Å². The Bertz CT molecular complexity index is 429. The van der Waals surface area contributed by atoms with Gasteiger partial charge in [0.1, 0.15) is 5.82 Å². The molecule has 1 unspecified atom stereocenters. The molecule has 0 spiro atoms. The standard InChI is InChI=1S/C13H18FNO2/c1-4-13(2,3)10(12(16)17)8-6-5-7-9(14)11(8)15/h5-7,10H,4,15H2,1-3H3,(H,16,17). The Morgan fingerprint density at radius 3 is 2.59 bits per heavy atom. The number of hydrogen-bond donors (Lipinski definition) is 2. The molecular formula is C13H18FNO2. The van der Waals surface area contributed by atoms with Crippen molar-refractivity contribution >= 4 is 11.7 Å². The van der Waals surface area contributed by atoms with E-state index in [1.807, 2.05) is 20.8 Å². The molecule has 0 bridgehead atoms. The van der Waals surface area contributed by atoms with Gasteiger partial charge in [0.15, 0.2) is 0 Å². The number of hydrogen-bond acceptors (Lipinski definition) is 2. The molecule has 1 rings (SSSR count). The zero-order valence-corrected chi connectivity index (χ0v) is 10.3. The lowest BCUT2D eigenvalue weighted by Gasteiger charge is -2.31. The summed E-state index contributed by atoms with van der Waals surface area (Å²) in [5.41, 5.74) is 5.44. The summed E-state index contributed by atoms with van der Waals surface area (Å²) >= 11 is 0. The maximum atomic E-state index is 13.4. The van der Waals surface area contributed by atoms with Crippen molar-refractivity contribution in [1.82, 2.24) is 0 Å². The number of benzene rings is 1. The van der Waals surface area contributed by atoms with Crippen LogP contribution in [0, 0.1) is 11.2 Å². The van der Waals surface area contributed by atoms with Crippen LogP contribution in [0.15, 0.2) is 18.2 Å². The first-order valence-electron chi connectivity index (χ1n) is 5.58. The van der Waals surface area contributed by atoms with Gasteiger partial charge in [-0.05, 0) is 23.5 Å². The molecule has 3 N–H and O–H groups in total. The van der Waals surface area contributed by atoms with E-state index >= 15 is 0 Å². The molecule has 0 saturated carbocycles. The van der Waals surface area contributed by atoms with Gasteiger partial charge in [0.25, 0.3) is 0 Å². The Morgan fingerprint density at radius 2 is 2.12 bits per heavy atom. The average molecular weight is 239 g/mol. The third kappa shape index (κ3) is 2.57. The van der Waals surface area contributed by atoms with E-state index in [1.165, 1.54) is 12.1 Å². The van der Waals surface area contributed by atoms with E-state index in [0.29, 0.717) is 12.0 Å². The van der Waals surface area contributed by atoms with Crippen molar-refractivity contribution in [2.24, 2.45) is 5.41 Å². The van der Waals surface area contributed by atoms with Gasteiger partial charge in [-0.15, -0.1) is 0 Å². The lowest BCUT2D eigenvalue weighted by Crippen LogP contribution is -2.29. The van der Waals surface area contributed by atoms with Crippen LogP contribution in [0.2, 0.25) is 0 Å². The minimum Gasteiger partial charge on any atom is -0.481 e. The van der Waals surface area contributed by atoms with Crippen LogP contribution in [0.5, 0.6) is 0 Å². The lowest BCUT2D eigenvalue weighted by atomic mass is 9.72. The summed E-state index contributed by atoms with van der Waals surface area (Å²) < 4.78 is 13.4. The predicted octanol–water partition coefficient (Wildman–Crippen LogP) is 3.01. The second kappa shape index (κ2) is 4.73. The number of aliphatic carboxylic acids is 1. The van der Waals surface area contributed by atoms with Crippen LogP contribution in [0.4, 0.5) is 10.1 Å². The maximum absolute atomic E-state index is 13.4. The fourth-order valence-electron chi connectivity index (χ4n) is 1.90. The molecule has 0 aliphatic heterocycles. The van der Waals surface area contributed by atoms with Crippen molar-refractivity contribution in [3.05, 3.63) is 29.6 Å². The molecule has 0 heterocycles. The van der Waals surface area contributed by atoms with E-state index in [9.17, 15) is 14.3 Å². The smallest absolute Gasteiger partial charge is 0.311 e. The number of carbonyl (C=O) groups is 1. The first-order valence-corrected chi connectivity index (χ1v) is 5.58. The van der Waals surface area contributed by atoms with Crippen LogP contribution in [0.25, 0.3) is 0 Å². The Morgan fingerprint density at radius 1 is 1.53 bits per heavy atom. The van der Waals surface area contributed by atoms with Gasteiger partial charge in [-0.25, -0.2) is 4.39 Å². The van der Waals surface area contributed by atoms with Gasteiger partial charge >= 0.3 is 5.97 Å². The quantitative estimate of drug-likeness (QED) is 0.794. The highest BCUT2D eigenvalue weighted by molar-refractivity contribution is 5.79. The molecule has 0 radical (unpaired) electrons. The molecule has 94 valence electrons. The summed E-state index contributed by atoms with van der Waals surface area (Å²) in [5.74, 6) is -2.35. The number of carboxylic acids is 1. The maximum Gasteiger partial charge on any atom is 0.311 e. The van der Waals surface area contributed by atoms with Crippen LogP contribution in [0.3, 0.4) is 0 Å². The second-order valence-corrected chi connectivity index (χ2v) is 4.86. The molecule has 0 saturated heterocycles. The molecule has 0 aliphatic carbocycles. The largest absolute Gasteiger partial charge is 0.481 e. The van der Waals surface area contributed by atoms with Gasteiger partial charge in [-0.1, -0.05) is 32.9 Å². The number of nitrogen functional groups attached to an aromatic ring is 1. The summed E-state index contributed by atoms with van der Waals surface area (Å²) in [6, 6.07) is 4.30. The van der Waals surface area contributed by atoms with Gasteiger partial charge in [0.2, 0.25) is 0 Å². The van der Waals surface area contributed by atoms with E-state index in [4.69, 9.17) is 5.73 Å². The molecule has 0 amide bonds. The fourth-order valence-corrected chi connectivity index (χ4v) is 1.90. The second-order valence-electron chi connectivity index (χ2n) is 4.86. The van der Waals surface area contributed by atoms with Gasteiger partial charge in [0, 0.05) is 0 Å². The Hall–Kier alpha value is -1.58. The van der Waals surface area contributed by atoms with Gasteiger partial charge in [0.05, 0.1) is 11.6 Å². The number of halogens is 1. The van der Waals surface area contributed by atoms with Crippen molar-refractivity contribution in [3.8, 4) is 0 Å². The fraction of sp³-hybridized carbons (Fsp3) is 0.462. The zero-order chi connectivity index (χ0) is 13.2. The monoisotopic (exact) mass is 239 g/mol. The average Bonchev–Trinajstić information content (AvgIpc) is 2.24. The lowest BCUT2D eigenvalue weighted by molar-refractivity contribution is -0.141. The zero-order valence-electron chi connectivity index (χ0n) is 10.3.